The molecule has 0 saturated heterocycles. The fourth-order valence-electron chi connectivity index (χ4n) is 1.58. The van der Waals surface area contributed by atoms with E-state index in [2.05, 4.69) is 36.6 Å². The Bertz CT molecular complexity index is 791. The number of nitro benzene ring substituents is 1. The van der Waals surface area contributed by atoms with Crippen LogP contribution in [0.5, 0.6) is 0 Å². The van der Waals surface area contributed by atoms with Crippen LogP contribution in [0.25, 0.3) is 0 Å². The number of halogens is 2. The summed E-state index contributed by atoms with van der Waals surface area (Å²) >= 11 is 6.35. The Morgan fingerprint density at radius 2 is 1.57 bits per heavy atom. The molecule has 0 fully saturated rings. The van der Waals surface area contributed by atoms with Crippen molar-refractivity contribution in [1.29, 1.82) is 0 Å². The standard InChI is InChI=1S/C12H8Br2N2O4S/c13-8-1-4-10(5-2-8)15-21(19,20)12-7-9(14)3-6-11(12)16(17)18/h1-7,15H. The molecule has 0 spiro atoms. The third-order valence-corrected chi connectivity index (χ3v) is 4.94. The van der Waals surface area contributed by atoms with Gasteiger partial charge in [-0.1, -0.05) is 31.9 Å². The number of nitrogens with one attached hydrogen (secondary N) is 1. The molecule has 0 radical (unpaired) electrons. The zero-order valence-electron chi connectivity index (χ0n) is 10.3. The lowest BCUT2D eigenvalue weighted by Crippen LogP contribution is -2.14. The first-order valence-corrected chi connectivity index (χ1v) is 8.59. The van der Waals surface area contributed by atoms with Gasteiger partial charge in [-0.15, -0.1) is 0 Å². The number of benzene rings is 2. The van der Waals surface area contributed by atoms with E-state index >= 15 is 0 Å². The summed E-state index contributed by atoms with van der Waals surface area (Å²) in [7, 11) is -4.06. The largest absolute Gasteiger partial charge is 0.289 e. The van der Waals surface area contributed by atoms with E-state index in [1.165, 1.54) is 12.1 Å². The number of rotatable bonds is 4. The van der Waals surface area contributed by atoms with Gasteiger partial charge in [-0.25, -0.2) is 8.42 Å². The van der Waals surface area contributed by atoms with Crippen molar-refractivity contribution in [2.75, 3.05) is 4.72 Å². The minimum atomic E-state index is -4.06. The maximum absolute atomic E-state index is 12.3. The number of nitro groups is 1. The molecule has 0 aliphatic rings. The molecule has 9 heteroatoms. The third kappa shape index (κ3) is 3.80. The van der Waals surface area contributed by atoms with Crippen molar-refractivity contribution in [1.82, 2.24) is 0 Å². The molecule has 110 valence electrons. The predicted octanol–water partition coefficient (Wildman–Crippen LogP) is 3.92. The summed E-state index contributed by atoms with van der Waals surface area (Å²) in [6, 6.07) is 10.2. The van der Waals surface area contributed by atoms with Crippen LogP contribution in [0, 0.1) is 10.1 Å². The van der Waals surface area contributed by atoms with Crippen LogP contribution >= 0.6 is 31.9 Å². The summed E-state index contributed by atoms with van der Waals surface area (Å²) in [4.78, 5) is 9.84. The van der Waals surface area contributed by atoms with Crippen LogP contribution in [-0.4, -0.2) is 13.3 Å². The van der Waals surface area contributed by atoms with E-state index in [1.54, 1.807) is 24.3 Å². The fraction of sp³-hybridized carbons (Fsp3) is 0. The van der Waals surface area contributed by atoms with Crippen molar-refractivity contribution < 1.29 is 13.3 Å². The van der Waals surface area contributed by atoms with Gasteiger partial charge in [0.15, 0.2) is 4.90 Å². The monoisotopic (exact) mass is 434 g/mol. The Hall–Kier alpha value is -1.45. The van der Waals surface area contributed by atoms with Crippen molar-refractivity contribution in [2.45, 2.75) is 4.90 Å². The molecule has 0 bridgehead atoms. The second-order valence-corrected chi connectivity index (χ2v) is 7.46. The Morgan fingerprint density at radius 1 is 1.00 bits per heavy atom. The lowest BCUT2D eigenvalue weighted by atomic mass is 10.3. The zero-order valence-corrected chi connectivity index (χ0v) is 14.3. The minimum absolute atomic E-state index is 0.312. The SMILES string of the molecule is O=[N+]([O-])c1ccc(Br)cc1S(=O)(=O)Nc1ccc(Br)cc1. The first kappa shape index (κ1) is 15.9. The Labute approximate surface area is 137 Å². The van der Waals surface area contributed by atoms with E-state index < -0.39 is 25.5 Å². The predicted molar refractivity (Wildman–Crippen MR) is 85.7 cm³/mol. The summed E-state index contributed by atoms with van der Waals surface area (Å²) < 4.78 is 28.2. The molecule has 6 nitrogen and oxygen atoms in total. The summed E-state index contributed by atoms with van der Waals surface area (Å²) in [5.74, 6) is 0. The van der Waals surface area contributed by atoms with Crippen LogP contribution in [0.2, 0.25) is 0 Å². The molecule has 0 heterocycles. The average Bonchev–Trinajstić information content (AvgIpc) is 2.41. The summed E-state index contributed by atoms with van der Waals surface area (Å²) in [6.45, 7) is 0. The number of anilines is 1. The molecule has 0 aromatic heterocycles. The van der Waals surface area contributed by atoms with Gasteiger partial charge in [0, 0.05) is 20.7 Å². The van der Waals surface area contributed by atoms with Gasteiger partial charge in [0.1, 0.15) is 0 Å². The topological polar surface area (TPSA) is 89.3 Å². The summed E-state index contributed by atoms with van der Waals surface area (Å²) in [6.07, 6.45) is 0. The smallest absolute Gasteiger partial charge is 0.279 e. The van der Waals surface area contributed by atoms with Crippen molar-refractivity contribution in [3.05, 3.63) is 61.5 Å². The molecule has 0 aliphatic heterocycles. The number of nitrogens with zero attached hydrogens (tertiary/aromatic N) is 1. The normalized spacial score (nSPS) is 11.1. The number of hydrogen-bond acceptors (Lipinski definition) is 4. The molecule has 0 amide bonds. The van der Waals surface area contributed by atoms with E-state index in [9.17, 15) is 18.5 Å². The average molecular weight is 436 g/mol. The molecule has 1 N–H and O–H groups in total. The van der Waals surface area contributed by atoms with Crippen molar-refractivity contribution >= 4 is 53.3 Å². The Kier molecular flexibility index (Phi) is 4.64. The highest BCUT2D eigenvalue weighted by molar-refractivity contribution is 9.10. The molecular formula is C12H8Br2N2O4S. The van der Waals surface area contributed by atoms with E-state index in [0.717, 1.165) is 10.5 Å². The number of sulfonamides is 1. The first-order valence-electron chi connectivity index (χ1n) is 5.52. The highest BCUT2D eigenvalue weighted by Crippen LogP contribution is 2.29. The maximum atomic E-state index is 12.3. The van der Waals surface area contributed by atoms with Crippen molar-refractivity contribution in [3.63, 3.8) is 0 Å². The van der Waals surface area contributed by atoms with E-state index in [-0.39, 0.29) is 0 Å². The minimum Gasteiger partial charge on any atom is -0.279 e. The van der Waals surface area contributed by atoms with Gasteiger partial charge in [-0.3, -0.25) is 14.8 Å². The van der Waals surface area contributed by atoms with Gasteiger partial charge in [-0.2, -0.15) is 0 Å². The zero-order chi connectivity index (χ0) is 15.6. The van der Waals surface area contributed by atoms with Gasteiger partial charge in [0.2, 0.25) is 0 Å². The summed E-state index contributed by atoms with van der Waals surface area (Å²) in [5.41, 5.74) is -0.171. The molecular weight excluding hydrogens is 428 g/mol. The molecule has 0 aliphatic carbocycles. The molecule has 0 atom stereocenters. The lowest BCUT2D eigenvalue weighted by molar-refractivity contribution is -0.387. The highest BCUT2D eigenvalue weighted by atomic mass is 79.9. The van der Waals surface area contributed by atoms with E-state index in [1.807, 2.05) is 0 Å². The molecule has 0 saturated carbocycles. The number of hydrogen-bond donors (Lipinski definition) is 1. The van der Waals surface area contributed by atoms with E-state index in [0.29, 0.717) is 10.2 Å². The quantitative estimate of drug-likeness (QED) is 0.582. The highest BCUT2D eigenvalue weighted by Gasteiger charge is 2.26. The van der Waals surface area contributed by atoms with Crippen molar-refractivity contribution in [3.8, 4) is 0 Å². The fourth-order valence-corrected chi connectivity index (χ4v) is 3.62. The van der Waals surface area contributed by atoms with Crippen LogP contribution in [0.15, 0.2) is 56.3 Å². The molecule has 21 heavy (non-hydrogen) atoms. The van der Waals surface area contributed by atoms with Crippen LogP contribution in [0.1, 0.15) is 0 Å². The summed E-state index contributed by atoms with van der Waals surface area (Å²) in [5, 5.41) is 11.0. The third-order valence-electron chi connectivity index (χ3n) is 2.50. The van der Waals surface area contributed by atoms with Gasteiger partial charge >= 0.3 is 0 Å². The van der Waals surface area contributed by atoms with E-state index in [4.69, 9.17) is 0 Å². The lowest BCUT2D eigenvalue weighted by Gasteiger charge is -2.09. The molecule has 2 aromatic carbocycles. The molecule has 2 aromatic rings. The Morgan fingerprint density at radius 3 is 2.14 bits per heavy atom. The van der Waals surface area contributed by atoms with Gasteiger partial charge < -0.3 is 0 Å². The van der Waals surface area contributed by atoms with Crippen LogP contribution in [-0.2, 0) is 10.0 Å². The molecule has 2 rings (SSSR count). The van der Waals surface area contributed by atoms with Crippen LogP contribution < -0.4 is 4.72 Å². The van der Waals surface area contributed by atoms with Crippen molar-refractivity contribution in [2.24, 2.45) is 0 Å². The second kappa shape index (κ2) is 6.12. The van der Waals surface area contributed by atoms with Crippen LogP contribution in [0.4, 0.5) is 11.4 Å². The maximum Gasteiger partial charge on any atom is 0.289 e. The second-order valence-electron chi connectivity index (χ2n) is 3.98. The van der Waals surface area contributed by atoms with Crippen LogP contribution in [0.3, 0.4) is 0 Å². The first-order chi connectivity index (χ1) is 9.79. The Balaban J connectivity index is 2.46. The van der Waals surface area contributed by atoms with Gasteiger partial charge in [-0.05, 0) is 36.4 Å². The van der Waals surface area contributed by atoms with Gasteiger partial charge in [0.25, 0.3) is 15.7 Å². The van der Waals surface area contributed by atoms with Gasteiger partial charge in [0.05, 0.1) is 4.92 Å². The molecule has 0 unspecified atom stereocenters.